The maximum Gasteiger partial charge on any atom is 0.446 e. The highest BCUT2D eigenvalue weighted by Crippen LogP contribution is 2.38. The molecule has 3 aromatic rings. The Morgan fingerprint density at radius 3 is 2.39 bits per heavy atom. The molecule has 28 heavy (non-hydrogen) atoms. The van der Waals surface area contributed by atoms with Gasteiger partial charge in [0.2, 0.25) is 0 Å². The number of anilines is 1. The largest absolute Gasteiger partial charge is 0.446 e. The highest BCUT2D eigenvalue weighted by molar-refractivity contribution is 8.00. The molecule has 0 saturated heterocycles. The van der Waals surface area contributed by atoms with E-state index in [1.54, 1.807) is 24.3 Å². The molecule has 0 fully saturated rings. The van der Waals surface area contributed by atoms with Crippen molar-refractivity contribution >= 4 is 23.4 Å². The zero-order chi connectivity index (χ0) is 20.3. The molecule has 0 unspecified atom stereocenters. The number of alkyl halides is 5. The minimum Gasteiger partial charge on any atom is -0.321 e. The molecule has 0 aliphatic carbocycles. The molecule has 146 valence electrons. The number of aromatic amines is 1. The van der Waals surface area contributed by atoms with E-state index in [0.29, 0.717) is 16.8 Å². The molecule has 1 heterocycles. The first-order chi connectivity index (χ1) is 13.2. The molecule has 4 nitrogen and oxygen atoms in total. The van der Waals surface area contributed by atoms with Gasteiger partial charge in [0.1, 0.15) is 5.69 Å². The molecule has 0 radical (unpaired) electrons. The molecule has 3 rings (SSSR count). The summed E-state index contributed by atoms with van der Waals surface area (Å²) in [7, 11) is 0. The number of nitrogens with zero attached hydrogens (tertiary/aromatic N) is 1. The second kappa shape index (κ2) is 8.01. The molecule has 0 atom stereocenters. The van der Waals surface area contributed by atoms with Crippen LogP contribution < -0.4 is 5.32 Å². The van der Waals surface area contributed by atoms with Crippen molar-refractivity contribution in [3.8, 4) is 11.1 Å². The molecule has 0 aliphatic rings. The van der Waals surface area contributed by atoms with Gasteiger partial charge in [0.25, 0.3) is 12.3 Å². The molecule has 2 N–H and O–H groups in total. The van der Waals surface area contributed by atoms with Crippen molar-refractivity contribution in [2.45, 2.75) is 16.8 Å². The molecule has 0 bridgehead atoms. The maximum absolute atomic E-state index is 12.9. The number of carbonyl (C=O) groups excluding carboxylic acids is 1. The molecule has 1 amide bonds. The van der Waals surface area contributed by atoms with Crippen LogP contribution in [-0.2, 0) is 0 Å². The van der Waals surface area contributed by atoms with E-state index in [1.165, 1.54) is 24.3 Å². The van der Waals surface area contributed by atoms with Gasteiger partial charge in [-0.3, -0.25) is 9.89 Å². The van der Waals surface area contributed by atoms with Crippen LogP contribution in [0.4, 0.5) is 27.6 Å². The van der Waals surface area contributed by atoms with Gasteiger partial charge in [-0.25, -0.2) is 8.78 Å². The Kier molecular flexibility index (Phi) is 5.68. The van der Waals surface area contributed by atoms with E-state index in [2.05, 4.69) is 15.5 Å². The van der Waals surface area contributed by atoms with Gasteiger partial charge >= 0.3 is 5.51 Å². The SMILES string of the molecule is O=C(Nc1ccccc1-c1ccc(SC(F)(F)F)cc1)c1cn[nH]c1C(F)F. The first-order valence-corrected chi connectivity index (χ1v) is 8.64. The molecule has 0 aliphatic heterocycles. The molecule has 2 aromatic carbocycles. The molecule has 0 spiro atoms. The standard InChI is InChI=1S/C18H12F5N3OS/c19-16(20)15-13(9-24-26-15)17(27)25-14-4-2-1-3-12(14)10-5-7-11(8-6-10)28-18(21,22)23/h1-9,16H,(H,24,26)(H,25,27). The van der Waals surface area contributed by atoms with Crippen LogP contribution in [0.25, 0.3) is 11.1 Å². The monoisotopic (exact) mass is 413 g/mol. The first kappa shape index (κ1) is 19.9. The number of H-pyrrole nitrogens is 1. The van der Waals surface area contributed by atoms with Gasteiger partial charge in [-0.05, 0) is 35.5 Å². The Labute approximate surface area is 160 Å². The van der Waals surface area contributed by atoms with Gasteiger partial charge < -0.3 is 5.32 Å². The van der Waals surface area contributed by atoms with Gasteiger partial charge in [-0.2, -0.15) is 18.3 Å². The molecular weight excluding hydrogens is 401 g/mol. The van der Waals surface area contributed by atoms with Gasteiger partial charge in [-0.1, -0.05) is 30.3 Å². The van der Waals surface area contributed by atoms with E-state index < -0.39 is 23.5 Å². The number of hydrogen-bond donors (Lipinski definition) is 2. The number of rotatable bonds is 5. The van der Waals surface area contributed by atoms with Crippen LogP contribution in [0.3, 0.4) is 0 Å². The molecule has 10 heteroatoms. The number of hydrogen-bond acceptors (Lipinski definition) is 3. The fourth-order valence-corrected chi connectivity index (χ4v) is 3.05. The van der Waals surface area contributed by atoms with Crippen molar-refractivity contribution in [2.75, 3.05) is 5.32 Å². The van der Waals surface area contributed by atoms with Crippen molar-refractivity contribution in [3.05, 3.63) is 66.0 Å². The summed E-state index contributed by atoms with van der Waals surface area (Å²) in [5.74, 6) is -0.777. The van der Waals surface area contributed by atoms with Gasteiger partial charge in [0.15, 0.2) is 0 Å². The van der Waals surface area contributed by atoms with Crippen molar-refractivity contribution in [1.29, 1.82) is 0 Å². The van der Waals surface area contributed by atoms with E-state index in [9.17, 15) is 26.7 Å². The fraction of sp³-hybridized carbons (Fsp3) is 0.111. The lowest BCUT2D eigenvalue weighted by atomic mass is 10.0. The minimum absolute atomic E-state index is 0.0257. The third-order valence-corrected chi connectivity index (χ3v) is 4.45. The number of nitrogens with one attached hydrogen (secondary N) is 2. The number of aromatic nitrogens is 2. The quantitative estimate of drug-likeness (QED) is 0.406. The normalized spacial score (nSPS) is 11.6. The summed E-state index contributed by atoms with van der Waals surface area (Å²) in [5.41, 5.74) is -3.86. The summed E-state index contributed by atoms with van der Waals surface area (Å²) in [6.45, 7) is 0. The second-order valence-electron chi connectivity index (χ2n) is 5.57. The van der Waals surface area contributed by atoms with Crippen LogP contribution in [0.15, 0.2) is 59.6 Å². The summed E-state index contributed by atoms with van der Waals surface area (Å²) >= 11 is -0.229. The topological polar surface area (TPSA) is 57.8 Å². The second-order valence-corrected chi connectivity index (χ2v) is 6.71. The highest BCUT2D eigenvalue weighted by Gasteiger charge is 2.29. The Morgan fingerprint density at radius 1 is 1.07 bits per heavy atom. The summed E-state index contributed by atoms with van der Waals surface area (Å²) in [5, 5.41) is 8.10. The third-order valence-electron chi connectivity index (χ3n) is 3.71. The number of thioether (sulfide) groups is 1. The maximum atomic E-state index is 12.9. The van der Waals surface area contributed by atoms with Gasteiger partial charge in [-0.15, -0.1) is 0 Å². The van der Waals surface area contributed by atoms with Crippen LogP contribution >= 0.6 is 11.8 Å². The predicted molar refractivity (Wildman–Crippen MR) is 95.3 cm³/mol. The van der Waals surface area contributed by atoms with E-state index in [4.69, 9.17) is 0 Å². The van der Waals surface area contributed by atoms with Crippen molar-refractivity contribution < 1.29 is 26.7 Å². The van der Waals surface area contributed by atoms with E-state index in [0.717, 1.165) is 6.20 Å². The number of amides is 1. The average molecular weight is 413 g/mol. The summed E-state index contributed by atoms with van der Waals surface area (Å²) in [6.07, 6.45) is -1.89. The van der Waals surface area contributed by atoms with E-state index in [1.807, 2.05) is 0 Å². The van der Waals surface area contributed by atoms with Gasteiger partial charge in [0, 0.05) is 16.1 Å². The zero-order valence-electron chi connectivity index (χ0n) is 13.9. The van der Waals surface area contributed by atoms with Crippen LogP contribution in [0.1, 0.15) is 22.5 Å². The first-order valence-electron chi connectivity index (χ1n) is 7.82. The van der Waals surface area contributed by atoms with Crippen molar-refractivity contribution in [2.24, 2.45) is 0 Å². The fourth-order valence-electron chi connectivity index (χ4n) is 2.51. The Balaban J connectivity index is 1.85. The Bertz CT molecular complexity index is 970. The van der Waals surface area contributed by atoms with E-state index in [-0.39, 0.29) is 22.2 Å². The smallest absolute Gasteiger partial charge is 0.321 e. The Hall–Kier alpha value is -2.88. The lowest BCUT2D eigenvalue weighted by molar-refractivity contribution is -0.0328. The summed E-state index contributed by atoms with van der Waals surface area (Å²) in [6, 6.07) is 12.2. The molecular formula is C18H12F5N3OS. The number of halogens is 5. The number of benzene rings is 2. The van der Waals surface area contributed by atoms with Crippen LogP contribution in [0, 0.1) is 0 Å². The lowest BCUT2D eigenvalue weighted by Gasteiger charge is -2.12. The van der Waals surface area contributed by atoms with Crippen LogP contribution in [-0.4, -0.2) is 21.6 Å². The lowest BCUT2D eigenvalue weighted by Crippen LogP contribution is -2.14. The molecule has 0 saturated carbocycles. The van der Waals surface area contributed by atoms with E-state index >= 15 is 0 Å². The van der Waals surface area contributed by atoms with Crippen LogP contribution in [0.2, 0.25) is 0 Å². The predicted octanol–water partition coefficient (Wildman–Crippen LogP) is 5.88. The summed E-state index contributed by atoms with van der Waals surface area (Å²) in [4.78, 5) is 12.4. The van der Waals surface area contributed by atoms with Crippen molar-refractivity contribution in [1.82, 2.24) is 10.2 Å². The Morgan fingerprint density at radius 2 is 1.75 bits per heavy atom. The van der Waals surface area contributed by atoms with Crippen molar-refractivity contribution in [3.63, 3.8) is 0 Å². The number of carbonyl (C=O) groups is 1. The average Bonchev–Trinajstić information content (AvgIpc) is 3.12. The zero-order valence-corrected chi connectivity index (χ0v) is 14.7. The summed E-state index contributed by atoms with van der Waals surface area (Å²) < 4.78 is 63.2. The van der Waals surface area contributed by atoms with Gasteiger partial charge in [0.05, 0.1) is 11.8 Å². The third kappa shape index (κ3) is 4.69. The number of para-hydroxylation sites is 1. The van der Waals surface area contributed by atoms with Crippen LogP contribution in [0.5, 0.6) is 0 Å². The highest BCUT2D eigenvalue weighted by atomic mass is 32.2. The minimum atomic E-state index is -4.39. The molecule has 1 aromatic heterocycles.